The van der Waals surface area contributed by atoms with E-state index in [4.69, 9.17) is 0 Å². The van der Waals surface area contributed by atoms with E-state index in [2.05, 4.69) is 4.98 Å². The molecule has 1 aliphatic heterocycles. The zero-order valence-electron chi connectivity index (χ0n) is 12.7. The van der Waals surface area contributed by atoms with Gasteiger partial charge in [-0.2, -0.15) is 0 Å². The fourth-order valence-electron chi connectivity index (χ4n) is 2.98. The molecule has 22 heavy (non-hydrogen) atoms. The van der Waals surface area contributed by atoms with E-state index in [9.17, 15) is 9.59 Å². The smallest absolute Gasteiger partial charge is 0.260 e. The summed E-state index contributed by atoms with van der Waals surface area (Å²) in [7, 11) is 0. The fourth-order valence-corrected chi connectivity index (χ4v) is 2.98. The predicted octanol–water partition coefficient (Wildman–Crippen LogP) is 2.19. The second-order valence-electron chi connectivity index (χ2n) is 5.83. The van der Waals surface area contributed by atoms with Gasteiger partial charge in [-0.25, -0.2) is 0 Å². The van der Waals surface area contributed by atoms with Gasteiger partial charge in [0.25, 0.3) is 5.56 Å². The minimum absolute atomic E-state index is 0.0345. The van der Waals surface area contributed by atoms with Crippen LogP contribution in [0.3, 0.4) is 0 Å². The van der Waals surface area contributed by atoms with Crippen molar-refractivity contribution < 1.29 is 4.79 Å². The van der Waals surface area contributed by atoms with Crippen molar-refractivity contribution >= 4 is 16.8 Å². The van der Waals surface area contributed by atoms with Gasteiger partial charge in [0, 0.05) is 25.5 Å². The fraction of sp³-hybridized carbons (Fsp3) is 0.471. The molecule has 3 heterocycles. The normalized spacial score (nSPS) is 16.3. The SMILES string of the molecule is O=C(Cn1ccc2ncccc2c1=O)N1CCCCCCC1. The third kappa shape index (κ3) is 3.18. The van der Waals surface area contributed by atoms with Crippen molar-refractivity contribution in [1.29, 1.82) is 0 Å². The Hall–Kier alpha value is -2.17. The van der Waals surface area contributed by atoms with Crippen molar-refractivity contribution in [1.82, 2.24) is 14.5 Å². The first kappa shape index (κ1) is 14.8. The van der Waals surface area contributed by atoms with Gasteiger partial charge in [-0.15, -0.1) is 0 Å². The average Bonchev–Trinajstić information content (AvgIpc) is 2.50. The van der Waals surface area contributed by atoms with E-state index in [1.807, 2.05) is 4.90 Å². The van der Waals surface area contributed by atoms with Crippen molar-refractivity contribution in [3.63, 3.8) is 0 Å². The second-order valence-corrected chi connectivity index (χ2v) is 5.83. The lowest BCUT2D eigenvalue weighted by molar-refractivity contribution is -0.132. The summed E-state index contributed by atoms with van der Waals surface area (Å²) in [5.41, 5.74) is 0.522. The van der Waals surface area contributed by atoms with E-state index in [0.717, 1.165) is 25.9 Å². The highest BCUT2D eigenvalue weighted by Crippen LogP contribution is 2.11. The molecule has 2 aromatic rings. The van der Waals surface area contributed by atoms with Gasteiger partial charge in [0.2, 0.25) is 5.91 Å². The number of likely N-dealkylation sites (tertiary alicyclic amines) is 1. The molecule has 0 N–H and O–H groups in total. The zero-order chi connectivity index (χ0) is 15.4. The minimum Gasteiger partial charge on any atom is -0.341 e. The topological polar surface area (TPSA) is 55.2 Å². The van der Waals surface area contributed by atoms with Crippen molar-refractivity contribution in [3.8, 4) is 0 Å². The lowest BCUT2D eigenvalue weighted by atomic mass is 10.1. The summed E-state index contributed by atoms with van der Waals surface area (Å²) in [6.45, 7) is 1.73. The maximum Gasteiger partial charge on any atom is 0.260 e. The predicted molar refractivity (Wildman–Crippen MR) is 85.7 cm³/mol. The molecule has 0 saturated carbocycles. The molecule has 1 fully saturated rings. The minimum atomic E-state index is -0.147. The third-order valence-corrected chi connectivity index (χ3v) is 4.26. The van der Waals surface area contributed by atoms with Crippen LogP contribution in [0.2, 0.25) is 0 Å². The summed E-state index contributed by atoms with van der Waals surface area (Å²) in [4.78, 5) is 31.0. The van der Waals surface area contributed by atoms with Gasteiger partial charge in [0.05, 0.1) is 10.9 Å². The van der Waals surface area contributed by atoms with E-state index in [1.165, 1.54) is 23.8 Å². The standard InChI is InChI=1S/C17H21N3O2/c21-16(19-10-4-2-1-3-5-11-19)13-20-12-8-15-14(17(20)22)7-6-9-18-15/h6-9,12H,1-5,10-11,13H2. The van der Waals surface area contributed by atoms with E-state index >= 15 is 0 Å². The molecule has 5 heteroatoms. The summed E-state index contributed by atoms with van der Waals surface area (Å²) in [5.74, 6) is 0.0345. The monoisotopic (exact) mass is 299 g/mol. The molecule has 0 spiro atoms. The Kier molecular flexibility index (Phi) is 4.51. The maximum atomic E-state index is 12.5. The van der Waals surface area contributed by atoms with E-state index in [1.54, 1.807) is 30.6 Å². The molecule has 0 aliphatic carbocycles. The molecule has 2 aromatic heterocycles. The molecule has 0 aromatic carbocycles. The highest BCUT2D eigenvalue weighted by molar-refractivity contribution is 5.79. The first-order chi connectivity index (χ1) is 10.8. The van der Waals surface area contributed by atoms with E-state index in [-0.39, 0.29) is 18.0 Å². The van der Waals surface area contributed by atoms with Crippen LogP contribution in [0.1, 0.15) is 32.1 Å². The van der Waals surface area contributed by atoms with Gasteiger partial charge in [-0.3, -0.25) is 14.6 Å². The first-order valence-corrected chi connectivity index (χ1v) is 7.98. The van der Waals surface area contributed by atoms with Crippen LogP contribution in [0.5, 0.6) is 0 Å². The summed E-state index contributed by atoms with van der Waals surface area (Å²) in [6, 6.07) is 5.29. The number of carbonyl (C=O) groups excluding carboxylic acids is 1. The number of pyridine rings is 2. The van der Waals surface area contributed by atoms with Crippen molar-refractivity contribution in [3.05, 3.63) is 40.9 Å². The molecule has 0 radical (unpaired) electrons. The Morgan fingerprint density at radius 2 is 1.82 bits per heavy atom. The molecule has 0 bridgehead atoms. The van der Waals surface area contributed by atoms with Crippen molar-refractivity contribution in [2.24, 2.45) is 0 Å². The Morgan fingerprint density at radius 1 is 1.09 bits per heavy atom. The lowest BCUT2D eigenvalue weighted by Crippen LogP contribution is -2.38. The number of amides is 1. The molecule has 1 aliphatic rings. The van der Waals surface area contributed by atoms with Gasteiger partial charge < -0.3 is 9.47 Å². The number of carbonyl (C=O) groups is 1. The molecular weight excluding hydrogens is 278 g/mol. The number of hydrogen-bond donors (Lipinski definition) is 0. The highest BCUT2D eigenvalue weighted by Gasteiger charge is 2.16. The van der Waals surface area contributed by atoms with Gasteiger partial charge in [-0.05, 0) is 31.0 Å². The molecule has 1 amide bonds. The van der Waals surface area contributed by atoms with Crippen LogP contribution in [0, 0.1) is 0 Å². The average molecular weight is 299 g/mol. The van der Waals surface area contributed by atoms with Gasteiger partial charge in [0.1, 0.15) is 6.54 Å². The Labute approximate surface area is 129 Å². The van der Waals surface area contributed by atoms with E-state index < -0.39 is 0 Å². The second kappa shape index (κ2) is 6.73. The molecule has 1 saturated heterocycles. The van der Waals surface area contributed by atoms with Crippen molar-refractivity contribution in [2.45, 2.75) is 38.6 Å². The Balaban J connectivity index is 1.78. The number of aromatic nitrogens is 2. The maximum absolute atomic E-state index is 12.5. The highest BCUT2D eigenvalue weighted by atomic mass is 16.2. The Bertz CT molecular complexity index is 715. The van der Waals surface area contributed by atoms with Gasteiger partial charge in [-0.1, -0.05) is 19.3 Å². The summed E-state index contributed by atoms with van der Waals surface area (Å²) < 4.78 is 1.49. The van der Waals surface area contributed by atoms with Crippen LogP contribution < -0.4 is 5.56 Å². The van der Waals surface area contributed by atoms with Crippen LogP contribution in [0.4, 0.5) is 0 Å². The van der Waals surface area contributed by atoms with Crippen LogP contribution in [0.15, 0.2) is 35.4 Å². The summed E-state index contributed by atoms with van der Waals surface area (Å²) >= 11 is 0. The van der Waals surface area contributed by atoms with Gasteiger partial charge in [0.15, 0.2) is 0 Å². The third-order valence-electron chi connectivity index (χ3n) is 4.26. The van der Waals surface area contributed by atoms with Gasteiger partial charge >= 0.3 is 0 Å². The largest absolute Gasteiger partial charge is 0.341 e. The lowest BCUT2D eigenvalue weighted by Gasteiger charge is -2.25. The van der Waals surface area contributed by atoms with Crippen LogP contribution >= 0.6 is 0 Å². The number of hydrogen-bond acceptors (Lipinski definition) is 3. The first-order valence-electron chi connectivity index (χ1n) is 7.98. The summed E-state index contributed by atoms with van der Waals surface area (Å²) in [6.07, 6.45) is 9.08. The summed E-state index contributed by atoms with van der Waals surface area (Å²) in [5, 5.41) is 0.561. The molecule has 0 atom stereocenters. The molecule has 5 nitrogen and oxygen atoms in total. The number of fused-ring (bicyclic) bond motifs is 1. The van der Waals surface area contributed by atoms with Crippen LogP contribution in [0.25, 0.3) is 10.9 Å². The molecular formula is C17H21N3O2. The zero-order valence-corrected chi connectivity index (χ0v) is 12.7. The molecule has 116 valence electrons. The molecule has 3 rings (SSSR count). The Morgan fingerprint density at radius 3 is 2.59 bits per heavy atom. The number of rotatable bonds is 2. The quantitative estimate of drug-likeness (QED) is 0.854. The molecule has 0 unspecified atom stereocenters. The van der Waals surface area contributed by atoms with E-state index in [0.29, 0.717) is 10.9 Å². The van der Waals surface area contributed by atoms with Crippen LogP contribution in [-0.4, -0.2) is 33.4 Å². The van der Waals surface area contributed by atoms with Crippen LogP contribution in [-0.2, 0) is 11.3 Å². The van der Waals surface area contributed by atoms with Crippen molar-refractivity contribution in [2.75, 3.05) is 13.1 Å². The number of nitrogens with zero attached hydrogens (tertiary/aromatic N) is 3.